The minimum atomic E-state index is 0.457. The van der Waals surface area contributed by atoms with Gasteiger partial charge < -0.3 is 5.32 Å². The van der Waals surface area contributed by atoms with Crippen LogP contribution in [0.4, 0.5) is 5.82 Å². The Kier molecular flexibility index (Phi) is 5.25. The first kappa shape index (κ1) is 14.1. The van der Waals surface area contributed by atoms with Crippen molar-refractivity contribution in [1.82, 2.24) is 9.97 Å². The second-order valence-electron chi connectivity index (χ2n) is 5.17. The molecule has 0 aromatic carbocycles. The van der Waals surface area contributed by atoms with Gasteiger partial charge in [0.25, 0.3) is 0 Å². The van der Waals surface area contributed by atoms with E-state index in [9.17, 15) is 0 Å². The first-order chi connectivity index (χ1) is 8.66. The van der Waals surface area contributed by atoms with Crippen LogP contribution < -0.4 is 5.32 Å². The molecule has 1 fully saturated rings. The number of aromatic nitrogens is 2. The van der Waals surface area contributed by atoms with Crippen LogP contribution in [0.3, 0.4) is 0 Å². The van der Waals surface area contributed by atoms with Gasteiger partial charge in [-0.15, -0.1) is 0 Å². The van der Waals surface area contributed by atoms with E-state index in [0.717, 1.165) is 28.7 Å². The van der Waals surface area contributed by atoms with Gasteiger partial charge in [0.1, 0.15) is 17.3 Å². The Hall–Kier alpha value is -0.350. The van der Waals surface area contributed by atoms with E-state index in [1.807, 2.05) is 0 Å². The van der Waals surface area contributed by atoms with E-state index in [2.05, 4.69) is 38.1 Å². The molecule has 0 bridgehead atoms. The van der Waals surface area contributed by atoms with Crippen molar-refractivity contribution in [2.45, 2.75) is 39.0 Å². The predicted molar refractivity (Wildman–Crippen MR) is 79.0 cm³/mol. The summed E-state index contributed by atoms with van der Waals surface area (Å²) >= 11 is 9.31. The van der Waals surface area contributed by atoms with E-state index in [1.54, 1.807) is 0 Å². The Labute approximate surface area is 122 Å². The topological polar surface area (TPSA) is 37.8 Å². The van der Waals surface area contributed by atoms with E-state index in [-0.39, 0.29) is 0 Å². The SMILES string of the molecule is CC1CCC(CCNc2ncnc(Cl)c2Br)CC1. The lowest BCUT2D eigenvalue weighted by atomic mass is 9.81. The van der Waals surface area contributed by atoms with Crippen molar-refractivity contribution in [1.29, 1.82) is 0 Å². The number of nitrogens with one attached hydrogen (secondary N) is 1. The Morgan fingerprint density at radius 2 is 2.06 bits per heavy atom. The van der Waals surface area contributed by atoms with Crippen LogP contribution in [0.15, 0.2) is 10.8 Å². The average Bonchev–Trinajstić information content (AvgIpc) is 2.37. The van der Waals surface area contributed by atoms with Crippen molar-refractivity contribution in [3.63, 3.8) is 0 Å². The molecular weight excluding hydrogens is 314 g/mol. The van der Waals surface area contributed by atoms with Crippen LogP contribution in [0.1, 0.15) is 39.0 Å². The van der Waals surface area contributed by atoms with Crippen molar-refractivity contribution in [2.24, 2.45) is 11.8 Å². The van der Waals surface area contributed by atoms with Crippen LogP contribution in [0.25, 0.3) is 0 Å². The van der Waals surface area contributed by atoms with E-state index < -0.39 is 0 Å². The number of hydrogen-bond donors (Lipinski definition) is 1. The Morgan fingerprint density at radius 3 is 2.78 bits per heavy atom. The Bertz CT molecular complexity index is 392. The van der Waals surface area contributed by atoms with Gasteiger partial charge in [-0.05, 0) is 34.2 Å². The maximum atomic E-state index is 5.92. The third-order valence-corrected chi connectivity index (χ3v) is 4.99. The van der Waals surface area contributed by atoms with Crippen LogP contribution in [0.2, 0.25) is 5.15 Å². The first-order valence-corrected chi connectivity index (χ1v) is 7.73. The highest BCUT2D eigenvalue weighted by Crippen LogP contribution is 2.31. The van der Waals surface area contributed by atoms with Crippen molar-refractivity contribution in [3.05, 3.63) is 16.0 Å². The molecule has 0 radical (unpaired) electrons. The minimum Gasteiger partial charge on any atom is -0.369 e. The third-order valence-electron chi connectivity index (χ3n) is 3.73. The summed E-state index contributed by atoms with van der Waals surface area (Å²) in [4.78, 5) is 8.09. The summed E-state index contributed by atoms with van der Waals surface area (Å²) in [6.45, 7) is 3.31. The molecular formula is C13H19BrClN3. The van der Waals surface area contributed by atoms with Gasteiger partial charge in [-0.25, -0.2) is 9.97 Å². The molecule has 5 heteroatoms. The molecule has 1 aromatic heterocycles. The molecule has 0 atom stereocenters. The van der Waals surface area contributed by atoms with E-state index in [4.69, 9.17) is 11.6 Å². The molecule has 1 aliphatic carbocycles. The van der Waals surface area contributed by atoms with Crippen LogP contribution in [-0.4, -0.2) is 16.5 Å². The lowest BCUT2D eigenvalue weighted by Crippen LogP contribution is -2.16. The second-order valence-corrected chi connectivity index (χ2v) is 6.32. The van der Waals surface area contributed by atoms with E-state index in [0.29, 0.717) is 5.15 Å². The number of halogens is 2. The van der Waals surface area contributed by atoms with Gasteiger partial charge in [-0.2, -0.15) is 0 Å². The lowest BCUT2D eigenvalue weighted by Gasteiger charge is -2.26. The fourth-order valence-electron chi connectivity index (χ4n) is 2.48. The highest BCUT2D eigenvalue weighted by atomic mass is 79.9. The molecule has 1 N–H and O–H groups in total. The van der Waals surface area contributed by atoms with Gasteiger partial charge in [-0.1, -0.05) is 44.2 Å². The highest BCUT2D eigenvalue weighted by molar-refractivity contribution is 9.10. The molecule has 1 aromatic rings. The number of anilines is 1. The highest BCUT2D eigenvalue weighted by Gasteiger charge is 2.17. The van der Waals surface area contributed by atoms with E-state index >= 15 is 0 Å². The monoisotopic (exact) mass is 331 g/mol. The number of hydrogen-bond acceptors (Lipinski definition) is 3. The average molecular weight is 333 g/mol. The van der Waals surface area contributed by atoms with E-state index in [1.165, 1.54) is 38.4 Å². The summed E-state index contributed by atoms with van der Waals surface area (Å²) in [5.41, 5.74) is 0. The smallest absolute Gasteiger partial charge is 0.148 e. The van der Waals surface area contributed by atoms with Crippen LogP contribution in [-0.2, 0) is 0 Å². The second kappa shape index (κ2) is 6.71. The van der Waals surface area contributed by atoms with Crippen LogP contribution >= 0.6 is 27.5 Å². The summed E-state index contributed by atoms with van der Waals surface area (Å²) in [5.74, 6) is 2.58. The predicted octanol–water partition coefficient (Wildman–Crippen LogP) is 4.52. The maximum absolute atomic E-state index is 5.92. The normalized spacial score (nSPS) is 23.9. The fourth-order valence-corrected chi connectivity index (χ4v) is 2.96. The molecule has 100 valence electrons. The summed E-state index contributed by atoms with van der Waals surface area (Å²) in [6, 6.07) is 0. The van der Waals surface area contributed by atoms with Crippen molar-refractivity contribution >= 4 is 33.3 Å². The summed E-state index contributed by atoms with van der Waals surface area (Å²) < 4.78 is 0.754. The van der Waals surface area contributed by atoms with Crippen LogP contribution in [0, 0.1) is 11.8 Å². The molecule has 3 nitrogen and oxygen atoms in total. The first-order valence-electron chi connectivity index (χ1n) is 6.56. The molecule has 1 heterocycles. The molecule has 0 amide bonds. The standard InChI is InChI=1S/C13H19BrClN3/c1-9-2-4-10(5-3-9)6-7-16-13-11(14)12(15)17-8-18-13/h8-10H,2-7H2,1H3,(H,16,17,18). The van der Waals surface area contributed by atoms with Crippen molar-refractivity contribution < 1.29 is 0 Å². The third kappa shape index (κ3) is 3.82. The lowest BCUT2D eigenvalue weighted by molar-refractivity contribution is 0.282. The molecule has 0 spiro atoms. The van der Waals surface area contributed by atoms with Gasteiger partial charge in [0.2, 0.25) is 0 Å². The number of rotatable bonds is 4. The summed E-state index contributed by atoms with van der Waals surface area (Å²) in [7, 11) is 0. The van der Waals surface area contributed by atoms with Gasteiger partial charge in [-0.3, -0.25) is 0 Å². The largest absolute Gasteiger partial charge is 0.369 e. The molecule has 2 rings (SSSR count). The molecule has 0 saturated heterocycles. The molecule has 1 aliphatic rings. The van der Waals surface area contributed by atoms with Gasteiger partial charge >= 0.3 is 0 Å². The zero-order valence-corrected chi connectivity index (χ0v) is 13.0. The minimum absolute atomic E-state index is 0.457. The molecule has 0 aliphatic heterocycles. The van der Waals surface area contributed by atoms with Crippen LogP contribution in [0.5, 0.6) is 0 Å². The Balaban J connectivity index is 1.77. The summed E-state index contributed by atoms with van der Waals surface area (Å²) in [6.07, 6.45) is 8.20. The molecule has 0 unspecified atom stereocenters. The maximum Gasteiger partial charge on any atom is 0.148 e. The summed E-state index contributed by atoms with van der Waals surface area (Å²) in [5, 5.41) is 3.79. The van der Waals surface area contributed by atoms with Crippen molar-refractivity contribution in [3.8, 4) is 0 Å². The zero-order chi connectivity index (χ0) is 13.0. The van der Waals surface area contributed by atoms with Gasteiger partial charge in [0.05, 0.1) is 4.47 Å². The number of nitrogens with zero attached hydrogens (tertiary/aromatic N) is 2. The molecule has 18 heavy (non-hydrogen) atoms. The van der Waals surface area contributed by atoms with Crippen molar-refractivity contribution in [2.75, 3.05) is 11.9 Å². The fraction of sp³-hybridized carbons (Fsp3) is 0.692. The zero-order valence-electron chi connectivity index (χ0n) is 10.6. The molecule has 1 saturated carbocycles. The Morgan fingerprint density at radius 1 is 1.33 bits per heavy atom. The van der Waals surface area contributed by atoms with Gasteiger partial charge in [0, 0.05) is 6.54 Å². The quantitative estimate of drug-likeness (QED) is 0.824. The van der Waals surface area contributed by atoms with Gasteiger partial charge in [0.15, 0.2) is 0 Å².